The van der Waals surface area contributed by atoms with Crippen molar-refractivity contribution < 1.29 is 4.74 Å². The summed E-state index contributed by atoms with van der Waals surface area (Å²) >= 11 is 0. The van der Waals surface area contributed by atoms with Gasteiger partial charge in [0.25, 0.3) is 0 Å². The Morgan fingerprint density at radius 2 is 1.68 bits per heavy atom. The molecule has 4 heteroatoms. The number of para-hydroxylation sites is 1. The quantitative estimate of drug-likeness (QED) is 0.645. The van der Waals surface area contributed by atoms with Crippen LogP contribution in [-0.4, -0.2) is 28.6 Å². The van der Waals surface area contributed by atoms with Gasteiger partial charge in [-0.05, 0) is 57.2 Å². The van der Waals surface area contributed by atoms with Crippen LogP contribution in [0.3, 0.4) is 0 Å². The number of rotatable bonds is 4. The summed E-state index contributed by atoms with van der Waals surface area (Å²) in [4.78, 5) is 4.65. The lowest BCUT2D eigenvalue weighted by molar-refractivity contribution is 0.415. The molecule has 3 aromatic rings. The molecule has 1 heterocycles. The largest absolute Gasteiger partial charge is 0.497 e. The van der Waals surface area contributed by atoms with Gasteiger partial charge in [0.2, 0.25) is 0 Å². The zero-order chi connectivity index (χ0) is 17.9. The third kappa shape index (κ3) is 4.15. The van der Waals surface area contributed by atoms with Gasteiger partial charge in [-0.25, -0.2) is 4.68 Å². The van der Waals surface area contributed by atoms with E-state index >= 15 is 0 Å². The van der Waals surface area contributed by atoms with E-state index in [4.69, 9.17) is 9.84 Å². The topological polar surface area (TPSA) is 39.4 Å². The first-order valence-electron chi connectivity index (χ1n) is 8.31. The Morgan fingerprint density at radius 3 is 2.28 bits per heavy atom. The Morgan fingerprint density at radius 1 is 1.00 bits per heavy atom. The van der Waals surface area contributed by atoms with Crippen LogP contribution in [0.15, 0.2) is 65.8 Å². The summed E-state index contributed by atoms with van der Waals surface area (Å²) in [5, 5.41) is 4.79. The molecule has 0 unspecified atom stereocenters. The Labute approximate surface area is 148 Å². The van der Waals surface area contributed by atoms with E-state index in [0.29, 0.717) is 0 Å². The molecule has 25 heavy (non-hydrogen) atoms. The molecular formula is C21H23N3O. The molecule has 0 bridgehead atoms. The number of aliphatic imine (C=N–C) groups is 1. The molecule has 0 aliphatic carbocycles. The van der Waals surface area contributed by atoms with E-state index in [2.05, 4.69) is 25.8 Å². The van der Waals surface area contributed by atoms with E-state index in [1.165, 1.54) is 0 Å². The Kier molecular flexibility index (Phi) is 4.70. The lowest BCUT2D eigenvalue weighted by Crippen LogP contribution is -2.09. The van der Waals surface area contributed by atoms with Crippen molar-refractivity contribution in [3.05, 3.63) is 66.4 Å². The molecule has 0 aliphatic heterocycles. The molecule has 2 aromatic carbocycles. The highest BCUT2D eigenvalue weighted by Crippen LogP contribution is 2.25. The number of hydrogen-bond donors (Lipinski definition) is 0. The van der Waals surface area contributed by atoms with E-state index in [9.17, 15) is 0 Å². The van der Waals surface area contributed by atoms with Crippen molar-refractivity contribution in [2.75, 3.05) is 7.11 Å². The number of aromatic nitrogens is 2. The van der Waals surface area contributed by atoms with Gasteiger partial charge in [-0.2, -0.15) is 5.10 Å². The summed E-state index contributed by atoms with van der Waals surface area (Å²) < 4.78 is 7.14. The molecule has 0 saturated heterocycles. The first-order valence-corrected chi connectivity index (χ1v) is 8.31. The molecule has 0 saturated carbocycles. The average Bonchev–Trinajstić information content (AvgIpc) is 3.04. The lowest BCUT2D eigenvalue weighted by atomic mass is 10.1. The molecule has 4 nitrogen and oxygen atoms in total. The summed E-state index contributed by atoms with van der Waals surface area (Å²) in [7, 11) is 1.67. The minimum absolute atomic E-state index is 0.133. The summed E-state index contributed by atoms with van der Waals surface area (Å²) in [6.07, 6.45) is 3.93. The monoisotopic (exact) mass is 333 g/mol. The van der Waals surface area contributed by atoms with Gasteiger partial charge in [-0.1, -0.05) is 18.2 Å². The third-order valence-corrected chi connectivity index (χ3v) is 3.72. The molecule has 0 fully saturated rings. The summed E-state index contributed by atoms with van der Waals surface area (Å²) in [5.41, 5.74) is 3.81. The van der Waals surface area contributed by atoms with Gasteiger partial charge < -0.3 is 4.74 Å². The molecule has 0 aliphatic rings. The molecule has 128 valence electrons. The summed E-state index contributed by atoms with van der Waals surface area (Å²) in [6, 6.07) is 18.0. The fraction of sp³-hybridized carbons (Fsp3) is 0.238. The van der Waals surface area contributed by atoms with E-state index in [-0.39, 0.29) is 5.54 Å². The lowest BCUT2D eigenvalue weighted by Gasteiger charge is -2.10. The Hall–Kier alpha value is -2.88. The summed E-state index contributed by atoms with van der Waals surface area (Å²) in [5.74, 6) is 0.830. The van der Waals surface area contributed by atoms with Crippen LogP contribution in [0.5, 0.6) is 5.75 Å². The summed E-state index contributed by atoms with van der Waals surface area (Å²) in [6.45, 7) is 6.24. The molecule has 0 radical (unpaired) electrons. The van der Waals surface area contributed by atoms with Crippen LogP contribution in [-0.2, 0) is 0 Å². The van der Waals surface area contributed by atoms with Crippen LogP contribution in [0.4, 0.5) is 0 Å². The maximum Gasteiger partial charge on any atom is 0.118 e. The molecule has 0 spiro atoms. The van der Waals surface area contributed by atoms with Crippen LogP contribution in [0.2, 0.25) is 0 Å². The van der Waals surface area contributed by atoms with Crippen LogP contribution >= 0.6 is 0 Å². The van der Waals surface area contributed by atoms with Crippen molar-refractivity contribution in [3.63, 3.8) is 0 Å². The van der Waals surface area contributed by atoms with E-state index in [1.54, 1.807) is 7.11 Å². The number of hydrogen-bond acceptors (Lipinski definition) is 3. The van der Waals surface area contributed by atoms with E-state index < -0.39 is 0 Å². The van der Waals surface area contributed by atoms with Gasteiger partial charge in [0.05, 0.1) is 18.3 Å². The Bertz CT molecular complexity index is 856. The number of ether oxygens (including phenoxy) is 1. The fourth-order valence-corrected chi connectivity index (χ4v) is 2.43. The van der Waals surface area contributed by atoms with Crippen LogP contribution in [0, 0.1) is 0 Å². The van der Waals surface area contributed by atoms with Crippen LogP contribution in [0.1, 0.15) is 26.3 Å². The maximum absolute atomic E-state index is 5.25. The maximum atomic E-state index is 5.25. The van der Waals surface area contributed by atoms with Crippen molar-refractivity contribution in [2.24, 2.45) is 4.99 Å². The number of nitrogens with zero attached hydrogens (tertiary/aromatic N) is 3. The van der Waals surface area contributed by atoms with Gasteiger partial charge in [-0.15, -0.1) is 0 Å². The van der Waals surface area contributed by atoms with Gasteiger partial charge in [-0.3, -0.25) is 4.99 Å². The smallest absolute Gasteiger partial charge is 0.118 e. The highest BCUT2D eigenvalue weighted by molar-refractivity contribution is 5.89. The SMILES string of the molecule is COc1ccc(-c2nn(-c3ccccc3)cc2C=NC(C)(C)C)cc1. The highest BCUT2D eigenvalue weighted by atomic mass is 16.5. The van der Waals surface area contributed by atoms with Gasteiger partial charge in [0.1, 0.15) is 11.4 Å². The average molecular weight is 333 g/mol. The predicted molar refractivity (Wildman–Crippen MR) is 103 cm³/mol. The fourth-order valence-electron chi connectivity index (χ4n) is 2.43. The van der Waals surface area contributed by atoms with E-state index in [0.717, 1.165) is 28.3 Å². The minimum Gasteiger partial charge on any atom is -0.497 e. The second kappa shape index (κ2) is 6.93. The van der Waals surface area contributed by atoms with Crippen LogP contribution < -0.4 is 4.74 Å². The Balaban J connectivity index is 2.07. The van der Waals surface area contributed by atoms with Crippen molar-refractivity contribution in [2.45, 2.75) is 26.3 Å². The minimum atomic E-state index is -0.133. The molecule has 1 aromatic heterocycles. The highest BCUT2D eigenvalue weighted by Gasteiger charge is 2.13. The molecule has 3 rings (SSSR count). The molecule has 0 amide bonds. The molecular weight excluding hydrogens is 310 g/mol. The zero-order valence-electron chi connectivity index (χ0n) is 15.1. The molecule has 0 atom stereocenters. The van der Waals surface area contributed by atoms with Crippen molar-refractivity contribution in [1.82, 2.24) is 9.78 Å². The number of methoxy groups -OCH3 is 1. The number of benzene rings is 2. The van der Waals surface area contributed by atoms with Crippen LogP contribution in [0.25, 0.3) is 16.9 Å². The van der Waals surface area contributed by atoms with Crippen molar-refractivity contribution in [1.29, 1.82) is 0 Å². The predicted octanol–water partition coefficient (Wildman–Crippen LogP) is 4.77. The first-order chi connectivity index (χ1) is 12.0. The van der Waals surface area contributed by atoms with Gasteiger partial charge in [0, 0.05) is 23.5 Å². The van der Waals surface area contributed by atoms with Crippen molar-refractivity contribution in [3.8, 4) is 22.7 Å². The van der Waals surface area contributed by atoms with E-state index in [1.807, 2.05) is 71.7 Å². The van der Waals surface area contributed by atoms with Gasteiger partial charge in [0.15, 0.2) is 0 Å². The van der Waals surface area contributed by atoms with Gasteiger partial charge >= 0.3 is 0 Å². The first kappa shape index (κ1) is 17.0. The second-order valence-electron chi connectivity index (χ2n) is 6.87. The normalized spacial score (nSPS) is 11.8. The third-order valence-electron chi connectivity index (χ3n) is 3.72. The standard InChI is InChI=1S/C21H23N3O/c1-21(2,3)22-14-17-15-24(18-8-6-5-7-9-18)23-20(17)16-10-12-19(25-4)13-11-16/h5-15H,1-4H3. The molecule has 0 N–H and O–H groups in total. The second-order valence-corrected chi connectivity index (χ2v) is 6.87. The zero-order valence-corrected chi connectivity index (χ0v) is 15.1. The van der Waals surface area contributed by atoms with Crippen molar-refractivity contribution >= 4 is 6.21 Å².